The van der Waals surface area contributed by atoms with Gasteiger partial charge in [0.1, 0.15) is 0 Å². The fraction of sp³-hybridized carbons (Fsp3) is 0.440. The molecule has 2 amide bonds. The Kier molecular flexibility index (Phi) is 4.98. The second-order valence-corrected chi connectivity index (χ2v) is 10.8. The molecule has 0 unspecified atom stereocenters. The summed E-state index contributed by atoms with van der Waals surface area (Å²) in [5, 5.41) is 13.8. The Morgan fingerprint density at radius 1 is 1.21 bits per heavy atom. The molecule has 3 aliphatic rings. The topological polar surface area (TPSA) is 104 Å². The first-order valence-electron chi connectivity index (χ1n) is 11.7. The maximum Gasteiger partial charge on any atom is 0.409 e. The normalized spacial score (nSPS) is 25.4. The Morgan fingerprint density at radius 3 is 2.74 bits per heavy atom. The Bertz CT molecular complexity index is 1350. The second kappa shape index (κ2) is 7.94. The average Bonchev–Trinajstić information content (AvgIpc) is 3.23. The van der Waals surface area contributed by atoms with Crippen molar-refractivity contribution in [3.63, 3.8) is 0 Å². The van der Waals surface area contributed by atoms with Crippen LogP contribution in [-0.4, -0.2) is 46.8 Å². The van der Waals surface area contributed by atoms with Gasteiger partial charge < -0.3 is 15.0 Å². The Labute approximate surface area is 200 Å². The van der Waals surface area contributed by atoms with Crippen LogP contribution in [0.5, 0.6) is 0 Å². The molecule has 0 bridgehead atoms. The summed E-state index contributed by atoms with van der Waals surface area (Å²) in [5.41, 5.74) is 2.93. The number of ether oxygens (including phenoxy) is 1. The summed E-state index contributed by atoms with van der Waals surface area (Å²) in [7, 11) is 1.39. The van der Waals surface area contributed by atoms with Crippen LogP contribution in [0.2, 0.25) is 0 Å². The molecule has 2 aromatic heterocycles. The van der Waals surface area contributed by atoms with Gasteiger partial charge in [0.15, 0.2) is 0 Å². The van der Waals surface area contributed by atoms with E-state index >= 15 is 0 Å². The molecular weight excluding hydrogens is 452 g/mol. The molecule has 2 aliphatic carbocycles. The SMILES string of the molecule is COC(=O)N1CCc2c(C(=O)N[C@H]3CC4(C3)C[C@H](c3n[nH]c(=O)c5ccccc53)C4)csc2C1. The number of aromatic amines is 1. The number of hydrogen-bond donors (Lipinski definition) is 2. The number of aromatic nitrogens is 2. The number of rotatable bonds is 3. The fourth-order valence-corrected chi connectivity index (χ4v) is 7.21. The zero-order valence-corrected chi connectivity index (χ0v) is 19.7. The standard InChI is InChI=1S/C25H26N4O4S/c1-33-24(32)29-7-6-16-19(13-34-20(16)12-29)22(30)26-15-10-25(11-15)8-14(9-25)21-17-4-2-3-5-18(17)23(31)28-27-21/h2-5,13-15H,6-12H2,1H3,(H,26,30)(H,28,31)/t14-,15-,25?. The number of nitrogens with one attached hydrogen (secondary N) is 2. The summed E-state index contributed by atoms with van der Waals surface area (Å²) in [6.45, 7) is 1.07. The first kappa shape index (κ1) is 21.3. The van der Waals surface area contributed by atoms with Crippen LogP contribution < -0.4 is 10.9 Å². The first-order chi connectivity index (χ1) is 16.5. The minimum Gasteiger partial charge on any atom is -0.453 e. The number of methoxy groups -OCH3 is 1. The van der Waals surface area contributed by atoms with Crippen LogP contribution >= 0.6 is 11.3 Å². The van der Waals surface area contributed by atoms with Gasteiger partial charge in [-0.25, -0.2) is 9.89 Å². The zero-order valence-electron chi connectivity index (χ0n) is 18.9. The van der Waals surface area contributed by atoms with Crippen molar-refractivity contribution < 1.29 is 14.3 Å². The minimum absolute atomic E-state index is 0.00645. The van der Waals surface area contributed by atoms with E-state index in [9.17, 15) is 14.4 Å². The smallest absolute Gasteiger partial charge is 0.409 e. The lowest BCUT2D eigenvalue weighted by molar-refractivity contribution is -0.0196. The maximum absolute atomic E-state index is 13.0. The van der Waals surface area contributed by atoms with Crippen LogP contribution in [0.15, 0.2) is 34.4 Å². The van der Waals surface area contributed by atoms with Crippen molar-refractivity contribution in [3.8, 4) is 0 Å². The molecule has 0 saturated heterocycles. The van der Waals surface area contributed by atoms with Crippen LogP contribution in [0, 0.1) is 5.41 Å². The first-order valence-corrected chi connectivity index (χ1v) is 12.5. The molecule has 2 saturated carbocycles. The van der Waals surface area contributed by atoms with Crippen molar-refractivity contribution in [2.75, 3.05) is 13.7 Å². The third-order valence-electron chi connectivity index (χ3n) is 7.79. The van der Waals surface area contributed by atoms with E-state index in [-0.39, 0.29) is 29.0 Å². The summed E-state index contributed by atoms with van der Waals surface area (Å²) in [6.07, 6.45) is 4.40. The lowest BCUT2D eigenvalue weighted by Crippen LogP contribution is -2.55. The Hall–Kier alpha value is -3.20. The molecule has 2 fully saturated rings. The molecule has 176 valence electrons. The average molecular weight is 479 g/mol. The van der Waals surface area contributed by atoms with Gasteiger partial charge in [0.2, 0.25) is 0 Å². The molecule has 1 spiro atoms. The molecule has 8 nitrogen and oxygen atoms in total. The minimum atomic E-state index is -0.325. The molecule has 0 radical (unpaired) electrons. The highest BCUT2D eigenvalue weighted by atomic mass is 32.1. The molecule has 3 heterocycles. The molecule has 0 atom stereocenters. The van der Waals surface area contributed by atoms with E-state index in [1.165, 1.54) is 18.4 Å². The number of carbonyl (C=O) groups excluding carboxylic acids is 2. The third-order valence-corrected chi connectivity index (χ3v) is 8.80. The molecule has 1 aromatic carbocycles. The van der Waals surface area contributed by atoms with Gasteiger partial charge in [0, 0.05) is 34.1 Å². The van der Waals surface area contributed by atoms with E-state index in [4.69, 9.17) is 4.74 Å². The highest BCUT2D eigenvalue weighted by molar-refractivity contribution is 7.10. The van der Waals surface area contributed by atoms with Crippen molar-refractivity contribution >= 4 is 34.1 Å². The fourth-order valence-electron chi connectivity index (χ4n) is 6.11. The van der Waals surface area contributed by atoms with Crippen molar-refractivity contribution in [1.29, 1.82) is 0 Å². The van der Waals surface area contributed by atoms with Gasteiger partial charge in [0.25, 0.3) is 11.5 Å². The van der Waals surface area contributed by atoms with E-state index in [1.807, 2.05) is 29.6 Å². The number of thiophene rings is 1. The monoisotopic (exact) mass is 478 g/mol. The zero-order chi connectivity index (χ0) is 23.4. The predicted molar refractivity (Wildman–Crippen MR) is 128 cm³/mol. The van der Waals surface area contributed by atoms with Gasteiger partial charge in [-0.1, -0.05) is 18.2 Å². The van der Waals surface area contributed by atoms with Gasteiger partial charge in [-0.15, -0.1) is 11.3 Å². The summed E-state index contributed by atoms with van der Waals surface area (Å²) < 4.78 is 4.82. The van der Waals surface area contributed by atoms with Gasteiger partial charge in [0.05, 0.1) is 30.3 Å². The van der Waals surface area contributed by atoms with Gasteiger partial charge in [-0.3, -0.25) is 9.59 Å². The lowest BCUT2D eigenvalue weighted by atomic mass is 9.49. The van der Waals surface area contributed by atoms with E-state index < -0.39 is 0 Å². The van der Waals surface area contributed by atoms with Gasteiger partial charge in [-0.05, 0) is 49.1 Å². The number of nitrogens with zero attached hydrogens (tertiary/aromatic N) is 2. The lowest BCUT2D eigenvalue weighted by Gasteiger charge is -2.57. The molecule has 1 aliphatic heterocycles. The van der Waals surface area contributed by atoms with Crippen molar-refractivity contribution in [2.45, 2.75) is 50.6 Å². The van der Waals surface area contributed by atoms with E-state index in [1.54, 1.807) is 4.90 Å². The molecule has 34 heavy (non-hydrogen) atoms. The number of H-pyrrole nitrogens is 1. The predicted octanol–water partition coefficient (Wildman–Crippen LogP) is 3.57. The Balaban J connectivity index is 1.06. The van der Waals surface area contributed by atoms with Crippen LogP contribution in [-0.2, 0) is 17.7 Å². The van der Waals surface area contributed by atoms with Crippen molar-refractivity contribution in [1.82, 2.24) is 20.4 Å². The molecule has 6 rings (SSSR count). The van der Waals surface area contributed by atoms with Crippen LogP contribution in [0.25, 0.3) is 10.8 Å². The van der Waals surface area contributed by atoms with Crippen LogP contribution in [0.1, 0.15) is 58.1 Å². The third kappa shape index (κ3) is 3.41. The van der Waals surface area contributed by atoms with Gasteiger partial charge in [-0.2, -0.15) is 5.10 Å². The molecule has 3 aromatic rings. The quantitative estimate of drug-likeness (QED) is 0.599. The highest BCUT2D eigenvalue weighted by Crippen LogP contribution is 2.62. The van der Waals surface area contributed by atoms with E-state index in [0.717, 1.165) is 52.8 Å². The molecule has 2 N–H and O–H groups in total. The van der Waals surface area contributed by atoms with E-state index in [2.05, 4.69) is 15.5 Å². The molecular formula is C25H26N4O4S. The van der Waals surface area contributed by atoms with Crippen LogP contribution in [0.3, 0.4) is 0 Å². The summed E-state index contributed by atoms with van der Waals surface area (Å²) in [4.78, 5) is 39.6. The van der Waals surface area contributed by atoms with Crippen molar-refractivity contribution in [2.24, 2.45) is 5.41 Å². The Morgan fingerprint density at radius 2 is 1.97 bits per heavy atom. The number of carbonyl (C=O) groups is 2. The van der Waals surface area contributed by atoms with Crippen LogP contribution in [0.4, 0.5) is 4.79 Å². The summed E-state index contributed by atoms with van der Waals surface area (Å²) in [6, 6.07) is 7.85. The number of hydrogen-bond acceptors (Lipinski definition) is 6. The number of fused-ring (bicyclic) bond motifs is 2. The van der Waals surface area contributed by atoms with Gasteiger partial charge >= 0.3 is 6.09 Å². The summed E-state index contributed by atoms with van der Waals surface area (Å²) in [5.74, 6) is 0.341. The van der Waals surface area contributed by atoms with Crippen molar-refractivity contribution in [3.05, 3.63) is 61.7 Å². The largest absolute Gasteiger partial charge is 0.453 e. The number of benzene rings is 1. The summed E-state index contributed by atoms with van der Waals surface area (Å²) >= 11 is 1.54. The van der Waals surface area contributed by atoms with E-state index in [0.29, 0.717) is 30.8 Å². The second-order valence-electron chi connectivity index (χ2n) is 9.86. The highest BCUT2D eigenvalue weighted by Gasteiger charge is 2.54. The maximum atomic E-state index is 13.0. The number of amides is 2. The molecule has 9 heteroatoms.